The van der Waals surface area contributed by atoms with Crippen molar-refractivity contribution in [3.05, 3.63) is 66.9 Å². The van der Waals surface area contributed by atoms with Crippen molar-refractivity contribution in [3.63, 3.8) is 0 Å². The maximum absolute atomic E-state index is 5.10. The standard InChI is InChI=1S/C19H15N3OS/c1-23-18-10-7-13(12-20-18)19-22-16-9-8-15(11-17(16)24-19)21-14-5-3-2-4-6-14/h2-12,21H,1H3. The first-order valence-corrected chi connectivity index (χ1v) is 8.36. The van der Waals surface area contributed by atoms with Gasteiger partial charge in [0.1, 0.15) is 5.01 Å². The zero-order valence-electron chi connectivity index (χ0n) is 13.1. The molecule has 118 valence electrons. The first kappa shape index (κ1) is 14.7. The van der Waals surface area contributed by atoms with E-state index in [4.69, 9.17) is 9.72 Å². The molecule has 2 aromatic carbocycles. The molecule has 4 aromatic rings. The molecular weight excluding hydrogens is 318 g/mol. The molecule has 2 heterocycles. The summed E-state index contributed by atoms with van der Waals surface area (Å²) in [7, 11) is 1.61. The number of benzene rings is 2. The molecule has 1 N–H and O–H groups in total. The van der Waals surface area contributed by atoms with E-state index in [-0.39, 0.29) is 0 Å². The summed E-state index contributed by atoms with van der Waals surface area (Å²) in [4.78, 5) is 8.95. The molecule has 0 amide bonds. The van der Waals surface area contributed by atoms with Crippen LogP contribution in [0.2, 0.25) is 0 Å². The average molecular weight is 333 g/mol. The summed E-state index contributed by atoms with van der Waals surface area (Å²) in [5, 5.41) is 4.37. The Hall–Kier alpha value is -2.92. The lowest BCUT2D eigenvalue weighted by atomic mass is 10.2. The van der Waals surface area contributed by atoms with Gasteiger partial charge in [-0.1, -0.05) is 18.2 Å². The maximum Gasteiger partial charge on any atom is 0.212 e. The van der Waals surface area contributed by atoms with Gasteiger partial charge in [-0.05, 0) is 36.4 Å². The molecule has 0 bridgehead atoms. The molecule has 5 heteroatoms. The highest BCUT2D eigenvalue weighted by atomic mass is 32.1. The number of rotatable bonds is 4. The van der Waals surface area contributed by atoms with E-state index >= 15 is 0 Å². The van der Waals surface area contributed by atoms with Gasteiger partial charge in [-0.25, -0.2) is 9.97 Å². The van der Waals surface area contributed by atoms with E-state index in [1.807, 2.05) is 54.6 Å². The first-order valence-electron chi connectivity index (χ1n) is 7.55. The highest BCUT2D eigenvalue weighted by Gasteiger charge is 2.08. The van der Waals surface area contributed by atoms with Crippen LogP contribution in [0.4, 0.5) is 11.4 Å². The molecule has 0 unspecified atom stereocenters. The fourth-order valence-electron chi connectivity index (χ4n) is 2.44. The van der Waals surface area contributed by atoms with E-state index in [1.54, 1.807) is 24.6 Å². The average Bonchev–Trinajstić information content (AvgIpc) is 3.06. The van der Waals surface area contributed by atoms with Crippen molar-refractivity contribution in [2.75, 3.05) is 12.4 Å². The van der Waals surface area contributed by atoms with Gasteiger partial charge in [-0.3, -0.25) is 0 Å². The molecule has 2 aromatic heterocycles. The van der Waals surface area contributed by atoms with Gasteiger partial charge < -0.3 is 10.1 Å². The molecule has 4 nitrogen and oxygen atoms in total. The molecule has 0 spiro atoms. The lowest BCUT2D eigenvalue weighted by molar-refractivity contribution is 0.398. The number of nitrogens with one attached hydrogen (secondary N) is 1. The molecule has 0 radical (unpaired) electrons. The monoisotopic (exact) mass is 333 g/mol. The van der Waals surface area contributed by atoms with Crippen molar-refractivity contribution in [1.29, 1.82) is 0 Å². The quantitative estimate of drug-likeness (QED) is 0.564. The van der Waals surface area contributed by atoms with Gasteiger partial charge >= 0.3 is 0 Å². The zero-order chi connectivity index (χ0) is 16.4. The summed E-state index contributed by atoms with van der Waals surface area (Å²) in [6.07, 6.45) is 1.79. The minimum atomic E-state index is 0.606. The normalized spacial score (nSPS) is 10.7. The number of para-hydroxylation sites is 1. The number of aromatic nitrogens is 2. The van der Waals surface area contributed by atoms with Crippen molar-refractivity contribution >= 4 is 32.9 Å². The van der Waals surface area contributed by atoms with E-state index in [0.29, 0.717) is 5.88 Å². The summed E-state index contributed by atoms with van der Waals surface area (Å²) < 4.78 is 6.24. The number of ether oxygens (including phenoxy) is 1. The molecule has 0 aliphatic heterocycles. The Morgan fingerprint density at radius 2 is 1.83 bits per heavy atom. The third kappa shape index (κ3) is 2.94. The van der Waals surface area contributed by atoms with Crippen LogP contribution in [-0.4, -0.2) is 17.1 Å². The van der Waals surface area contributed by atoms with Gasteiger partial charge in [-0.15, -0.1) is 11.3 Å². The highest BCUT2D eigenvalue weighted by Crippen LogP contribution is 2.32. The van der Waals surface area contributed by atoms with Gasteiger partial charge in [0, 0.05) is 29.2 Å². The van der Waals surface area contributed by atoms with Crippen molar-refractivity contribution in [2.45, 2.75) is 0 Å². The number of hydrogen-bond acceptors (Lipinski definition) is 5. The molecule has 24 heavy (non-hydrogen) atoms. The Kier molecular flexibility index (Phi) is 3.84. The number of methoxy groups -OCH3 is 1. The molecule has 4 rings (SSSR count). The Morgan fingerprint density at radius 1 is 0.958 bits per heavy atom. The molecule has 0 fully saturated rings. The second-order valence-corrected chi connectivity index (χ2v) is 6.31. The third-order valence-corrected chi connectivity index (χ3v) is 4.71. The Labute approximate surface area is 143 Å². The summed E-state index contributed by atoms with van der Waals surface area (Å²) >= 11 is 1.66. The van der Waals surface area contributed by atoms with Crippen LogP contribution in [0.3, 0.4) is 0 Å². The van der Waals surface area contributed by atoms with Crippen molar-refractivity contribution in [3.8, 4) is 16.5 Å². The van der Waals surface area contributed by atoms with Crippen molar-refractivity contribution in [2.24, 2.45) is 0 Å². The fourth-order valence-corrected chi connectivity index (χ4v) is 3.44. The summed E-state index contributed by atoms with van der Waals surface area (Å²) in [6, 6.07) is 20.2. The van der Waals surface area contributed by atoms with E-state index in [2.05, 4.69) is 16.4 Å². The predicted molar refractivity (Wildman–Crippen MR) is 99.1 cm³/mol. The van der Waals surface area contributed by atoms with Crippen LogP contribution in [0, 0.1) is 0 Å². The molecular formula is C19H15N3OS. The van der Waals surface area contributed by atoms with E-state index in [9.17, 15) is 0 Å². The number of nitrogens with zero attached hydrogens (tertiary/aromatic N) is 2. The van der Waals surface area contributed by atoms with Crippen LogP contribution in [0.15, 0.2) is 66.9 Å². The second-order valence-electron chi connectivity index (χ2n) is 5.28. The number of pyridine rings is 1. The Balaban J connectivity index is 1.65. The van der Waals surface area contributed by atoms with Crippen molar-refractivity contribution in [1.82, 2.24) is 9.97 Å². The minimum Gasteiger partial charge on any atom is -0.481 e. The van der Waals surface area contributed by atoms with Crippen LogP contribution in [-0.2, 0) is 0 Å². The molecule has 0 aliphatic carbocycles. The summed E-state index contributed by atoms with van der Waals surface area (Å²) in [6.45, 7) is 0. The minimum absolute atomic E-state index is 0.606. The summed E-state index contributed by atoms with van der Waals surface area (Å²) in [5.74, 6) is 0.606. The SMILES string of the molecule is COc1ccc(-c2nc3ccc(Nc4ccccc4)cc3s2)cn1. The van der Waals surface area contributed by atoms with E-state index in [1.165, 1.54) is 0 Å². The van der Waals surface area contributed by atoms with Crippen molar-refractivity contribution < 1.29 is 4.74 Å². The van der Waals surface area contributed by atoms with Gasteiger partial charge in [0.05, 0.1) is 17.3 Å². The molecule has 0 aliphatic rings. The fraction of sp³-hybridized carbons (Fsp3) is 0.0526. The number of hydrogen-bond donors (Lipinski definition) is 1. The smallest absolute Gasteiger partial charge is 0.212 e. The largest absolute Gasteiger partial charge is 0.481 e. The number of thiazole rings is 1. The van der Waals surface area contributed by atoms with Gasteiger partial charge in [-0.2, -0.15) is 0 Å². The van der Waals surface area contributed by atoms with Crippen LogP contribution >= 0.6 is 11.3 Å². The van der Waals surface area contributed by atoms with Gasteiger partial charge in [0.25, 0.3) is 0 Å². The van der Waals surface area contributed by atoms with Crippen LogP contribution in [0.25, 0.3) is 20.8 Å². The number of anilines is 2. The molecule has 0 saturated heterocycles. The van der Waals surface area contributed by atoms with Gasteiger partial charge in [0.2, 0.25) is 5.88 Å². The lowest BCUT2D eigenvalue weighted by Crippen LogP contribution is -1.88. The van der Waals surface area contributed by atoms with E-state index < -0.39 is 0 Å². The summed E-state index contributed by atoms with van der Waals surface area (Å²) in [5.41, 5.74) is 4.11. The maximum atomic E-state index is 5.10. The predicted octanol–water partition coefficient (Wildman–Crippen LogP) is 5.11. The van der Waals surface area contributed by atoms with Crippen LogP contribution < -0.4 is 10.1 Å². The third-order valence-electron chi connectivity index (χ3n) is 3.64. The zero-order valence-corrected chi connectivity index (χ0v) is 13.9. The molecule has 0 saturated carbocycles. The van der Waals surface area contributed by atoms with E-state index in [0.717, 1.165) is 32.2 Å². The first-order chi connectivity index (χ1) is 11.8. The topological polar surface area (TPSA) is 47.0 Å². The van der Waals surface area contributed by atoms with Gasteiger partial charge in [0.15, 0.2) is 0 Å². The Morgan fingerprint density at radius 3 is 2.58 bits per heavy atom. The van der Waals surface area contributed by atoms with Crippen LogP contribution in [0.1, 0.15) is 0 Å². The second kappa shape index (κ2) is 6.29. The lowest BCUT2D eigenvalue weighted by Gasteiger charge is -2.05. The van der Waals surface area contributed by atoms with Crippen LogP contribution in [0.5, 0.6) is 5.88 Å². The number of fused-ring (bicyclic) bond motifs is 1. The Bertz CT molecular complexity index is 965. The highest BCUT2D eigenvalue weighted by molar-refractivity contribution is 7.21. The molecule has 0 atom stereocenters.